The number of hydrogen-bond acceptors (Lipinski definition) is 6. The largest absolute Gasteiger partial charge is 0.367 e. The van der Waals surface area contributed by atoms with Gasteiger partial charge in [-0.2, -0.15) is 0 Å². The Labute approximate surface area is 144 Å². The molecule has 2 aromatic rings. The summed E-state index contributed by atoms with van der Waals surface area (Å²) < 4.78 is 37.0. The van der Waals surface area contributed by atoms with E-state index in [0.29, 0.717) is 23.1 Å². The monoisotopic (exact) mass is 370 g/mol. The Morgan fingerprint density at radius 3 is 2.83 bits per heavy atom. The predicted octanol–water partition coefficient (Wildman–Crippen LogP) is 2.32. The molecule has 0 aliphatic carbocycles. The minimum atomic E-state index is -3.76. The van der Waals surface area contributed by atoms with Crippen LogP contribution in [0.1, 0.15) is 18.5 Å². The van der Waals surface area contributed by atoms with Crippen LogP contribution < -0.4 is 15.4 Å². The Morgan fingerprint density at radius 1 is 1.42 bits per heavy atom. The van der Waals surface area contributed by atoms with Crippen LogP contribution >= 0.6 is 11.3 Å². The number of sulfonamides is 1. The molecule has 1 atom stereocenters. The van der Waals surface area contributed by atoms with Crippen molar-refractivity contribution in [3.63, 3.8) is 0 Å². The zero-order valence-corrected chi connectivity index (χ0v) is 14.8. The van der Waals surface area contributed by atoms with E-state index in [1.807, 2.05) is 11.0 Å². The first-order valence-corrected chi connectivity index (χ1v) is 9.97. The maximum absolute atomic E-state index is 14.0. The molecule has 0 amide bonds. The predicted molar refractivity (Wildman–Crippen MR) is 93.5 cm³/mol. The fraction of sp³-hybridized carbons (Fsp3) is 0.400. The summed E-state index contributed by atoms with van der Waals surface area (Å²) in [6.07, 6.45) is 1.83. The molecule has 0 bridgehead atoms. The number of hydrogen-bond donors (Lipinski definition) is 2. The van der Waals surface area contributed by atoms with E-state index >= 15 is 0 Å². The van der Waals surface area contributed by atoms with Gasteiger partial charge in [0.2, 0.25) is 10.0 Å². The van der Waals surface area contributed by atoms with E-state index in [1.54, 1.807) is 19.1 Å². The highest BCUT2D eigenvalue weighted by atomic mass is 32.2. The number of thiazole rings is 1. The molecule has 1 aromatic carbocycles. The number of piperidine rings is 1. The molecule has 0 radical (unpaired) electrons. The molecule has 9 heteroatoms. The molecule has 2 heterocycles. The Hall–Kier alpha value is -1.71. The van der Waals surface area contributed by atoms with Crippen LogP contribution in [0.3, 0.4) is 0 Å². The quantitative estimate of drug-likeness (QED) is 0.862. The molecule has 1 aliphatic heterocycles. The third-order valence-electron chi connectivity index (χ3n) is 3.95. The van der Waals surface area contributed by atoms with Gasteiger partial charge in [0.05, 0.1) is 11.4 Å². The number of rotatable bonds is 4. The highest BCUT2D eigenvalue weighted by molar-refractivity contribution is 7.91. The van der Waals surface area contributed by atoms with Crippen LogP contribution in [0.15, 0.2) is 28.5 Å². The van der Waals surface area contributed by atoms with Crippen LogP contribution in [0.25, 0.3) is 0 Å². The van der Waals surface area contributed by atoms with Crippen LogP contribution in [0.5, 0.6) is 0 Å². The summed E-state index contributed by atoms with van der Waals surface area (Å²) >= 11 is 1.03. The number of nitrogens with zero attached hydrogens (tertiary/aromatic N) is 2. The van der Waals surface area contributed by atoms with Gasteiger partial charge < -0.3 is 10.2 Å². The van der Waals surface area contributed by atoms with E-state index in [9.17, 15) is 12.8 Å². The van der Waals surface area contributed by atoms with Gasteiger partial charge in [-0.3, -0.25) is 0 Å². The average molecular weight is 370 g/mol. The first-order valence-electron chi connectivity index (χ1n) is 7.61. The van der Waals surface area contributed by atoms with Crippen LogP contribution in [0.2, 0.25) is 0 Å². The van der Waals surface area contributed by atoms with Crippen LogP contribution in [0.4, 0.5) is 15.2 Å². The topological polar surface area (TPSA) is 88.3 Å². The van der Waals surface area contributed by atoms with E-state index in [-0.39, 0.29) is 16.1 Å². The molecule has 1 fully saturated rings. The number of nitrogens with two attached hydrogens (primary N) is 1. The minimum absolute atomic E-state index is 0.0669. The van der Waals surface area contributed by atoms with Crippen molar-refractivity contribution in [1.29, 1.82) is 0 Å². The Bertz CT molecular complexity index is 838. The molecule has 0 spiro atoms. The van der Waals surface area contributed by atoms with Crippen LogP contribution in [-0.2, 0) is 10.0 Å². The van der Waals surface area contributed by atoms with E-state index in [0.717, 1.165) is 30.7 Å². The molecule has 0 saturated carbocycles. The van der Waals surface area contributed by atoms with E-state index in [1.165, 1.54) is 6.07 Å². The SMILES string of the molecule is Cc1nc(NC2CCCN(c3ccccc3F)C2)sc1S(N)(=O)=O. The zero-order valence-electron chi connectivity index (χ0n) is 13.2. The molecule has 1 unspecified atom stereocenters. The molecular formula is C15H19FN4O2S2. The van der Waals surface area contributed by atoms with Crippen molar-refractivity contribution in [2.24, 2.45) is 5.14 Å². The van der Waals surface area contributed by atoms with Gasteiger partial charge in [0, 0.05) is 19.1 Å². The number of para-hydroxylation sites is 1. The van der Waals surface area contributed by atoms with Crippen molar-refractivity contribution in [3.8, 4) is 0 Å². The van der Waals surface area contributed by atoms with E-state index in [2.05, 4.69) is 10.3 Å². The number of aromatic nitrogens is 1. The van der Waals surface area contributed by atoms with Gasteiger partial charge in [-0.25, -0.2) is 22.9 Å². The first kappa shape index (κ1) is 17.1. The summed E-state index contributed by atoms with van der Waals surface area (Å²) in [5.74, 6) is -0.236. The first-order chi connectivity index (χ1) is 11.3. The molecule has 3 N–H and O–H groups in total. The molecule has 130 valence electrons. The third-order valence-corrected chi connectivity index (χ3v) is 6.60. The maximum Gasteiger partial charge on any atom is 0.249 e. The normalized spacial score (nSPS) is 18.6. The Kier molecular flexibility index (Phi) is 4.75. The number of anilines is 2. The third kappa shape index (κ3) is 3.68. The highest BCUT2D eigenvalue weighted by Gasteiger charge is 2.24. The van der Waals surface area contributed by atoms with Gasteiger partial charge in [0.15, 0.2) is 9.34 Å². The summed E-state index contributed by atoms with van der Waals surface area (Å²) in [5, 5.41) is 8.97. The lowest BCUT2D eigenvalue weighted by molar-refractivity contribution is 0.519. The number of primary sulfonamides is 1. The molecule has 1 saturated heterocycles. The van der Waals surface area contributed by atoms with Crippen molar-refractivity contribution in [1.82, 2.24) is 4.98 Å². The Morgan fingerprint density at radius 2 is 2.17 bits per heavy atom. The highest BCUT2D eigenvalue weighted by Crippen LogP contribution is 2.29. The smallest absolute Gasteiger partial charge is 0.249 e. The second-order valence-corrected chi connectivity index (χ2v) is 8.57. The van der Waals surface area contributed by atoms with Gasteiger partial charge in [-0.15, -0.1) is 0 Å². The summed E-state index contributed by atoms with van der Waals surface area (Å²) in [4.78, 5) is 6.24. The summed E-state index contributed by atoms with van der Waals surface area (Å²) in [6.45, 7) is 3.04. The van der Waals surface area contributed by atoms with Crippen molar-refractivity contribution in [2.75, 3.05) is 23.3 Å². The molecule has 24 heavy (non-hydrogen) atoms. The van der Waals surface area contributed by atoms with Crippen molar-refractivity contribution in [3.05, 3.63) is 35.8 Å². The fourth-order valence-corrected chi connectivity index (χ4v) is 4.84. The summed E-state index contributed by atoms with van der Waals surface area (Å²) in [6, 6.07) is 6.78. The standard InChI is InChI=1S/C15H19FN4O2S2/c1-10-14(24(17,21)22)23-15(18-10)19-11-5-4-8-20(9-11)13-7-3-2-6-12(13)16/h2-3,6-7,11H,4-5,8-9H2,1H3,(H,18,19)(H2,17,21,22). The lowest BCUT2D eigenvalue weighted by Gasteiger charge is -2.34. The molecule has 1 aromatic heterocycles. The second kappa shape index (κ2) is 6.66. The minimum Gasteiger partial charge on any atom is -0.367 e. The van der Waals surface area contributed by atoms with Crippen molar-refractivity contribution in [2.45, 2.75) is 30.0 Å². The van der Waals surface area contributed by atoms with Crippen LogP contribution in [-0.4, -0.2) is 32.5 Å². The lowest BCUT2D eigenvalue weighted by atomic mass is 10.1. The summed E-state index contributed by atoms with van der Waals surface area (Å²) in [5.41, 5.74) is 0.983. The number of benzene rings is 1. The van der Waals surface area contributed by atoms with Crippen molar-refractivity contribution < 1.29 is 12.8 Å². The molecule has 1 aliphatic rings. The van der Waals surface area contributed by atoms with E-state index in [4.69, 9.17) is 5.14 Å². The Balaban J connectivity index is 1.73. The van der Waals surface area contributed by atoms with Gasteiger partial charge in [0.1, 0.15) is 5.82 Å². The number of halogens is 1. The van der Waals surface area contributed by atoms with Gasteiger partial charge in [-0.05, 0) is 31.9 Å². The fourth-order valence-electron chi connectivity index (χ4n) is 2.90. The van der Waals surface area contributed by atoms with Crippen LogP contribution in [0, 0.1) is 12.7 Å². The van der Waals surface area contributed by atoms with Gasteiger partial charge in [-0.1, -0.05) is 23.5 Å². The van der Waals surface area contributed by atoms with Gasteiger partial charge >= 0.3 is 0 Å². The van der Waals surface area contributed by atoms with Gasteiger partial charge in [0.25, 0.3) is 0 Å². The lowest BCUT2D eigenvalue weighted by Crippen LogP contribution is -2.42. The summed E-state index contributed by atoms with van der Waals surface area (Å²) in [7, 11) is -3.76. The molecule has 3 rings (SSSR count). The van der Waals surface area contributed by atoms with Crippen molar-refractivity contribution >= 4 is 32.2 Å². The average Bonchev–Trinajstić information content (AvgIpc) is 2.89. The number of aryl methyl sites for hydroxylation is 1. The zero-order chi connectivity index (χ0) is 17.3. The second-order valence-electron chi connectivity index (χ2n) is 5.82. The molecular weight excluding hydrogens is 351 g/mol. The van der Waals surface area contributed by atoms with E-state index < -0.39 is 10.0 Å². The maximum atomic E-state index is 14.0. The molecule has 6 nitrogen and oxygen atoms in total. The number of nitrogens with one attached hydrogen (secondary N) is 1.